The molecular formula is C30H25ClN4O6. The molecule has 0 saturated carbocycles. The van der Waals surface area contributed by atoms with Gasteiger partial charge in [0.05, 0.1) is 36.9 Å². The summed E-state index contributed by atoms with van der Waals surface area (Å²) >= 11 is 6.46. The summed E-state index contributed by atoms with van der Waals surface area (Å²) in [6, 6.07) is 13.3. The van der Waals surface area contributed by atoms with Gasteiger partial charge in [-0.05, 0) is 54.1 Å². The van der Waals surface area contributed by atoms with Crippen molar-refractivity contribution in [1.29, 1.82) is 0 Å². The molecule has 4 aromatic rings. The quantitative estimate of drug-likeness (QED) is 0.317. The zero-order chi connectivity index (χ0) is 29.1. The maximum absolute atomic E-state index is 14.2. The Morgan fingerprint density at radius 2 is 1.73 bits per heavy atom. The summed E-state index contributed by atoms with van der Waals surface area (Å²) in [5.74, 6) is 2.50. The van der Waals surface area contributed by atoms with Gasteiger partial charge in [0.25, 0.3) is 5.91 Å². The van der Waals surface area contributed by atoms with E-state index in [9.17, 15) is 9.59 Å². The Bertz CT molecular complexity index is 1730. The fraction of sp³-hybridized carbons (Fsp3) is 0.167. The van der Waals surface area contributed by atoms with Gasteiger partial charge in [-0.2, -0.15) is 0 Å². The molecule has 5 rings (SSSR count). The van der Waals surface area contributed by atoms with Crippen molar-refractivity contribution in [1.82, 2.24) is 9.97 Å². The van der Waals surface area contributed by atoms with Crippen molar-refractivity contribution in [3.8, 4) is 17.2 Å². The lowest BCUT2D eigenvalue weighted by Crippen LogP contribution is -2.53. The Labute approximate surface area is 240 Å². The number of rotatable bonds is 8. The predicted octanol–water partition coefficient (Wildman–Crippen LogP) is 2.64. The maximum Gasteiger partial charge on any atom is 0.261 e. The number of ether oxygens (including phenoxy) is 4. The van der Waals surface area contributed by atoms with Crippen molar-refractivity contribution in [3.63, 3.8) is 0 Å². The van der Waals surface area contributed by atoms with E-state index in [2.05, 4.69) is 9.97 Å². The number of hydrogen-bond donors (Lipinski definition) is 1. The Morgan fingerprint density at radius 3 is 2.32 bits per heavy atom. The van der Waals surface area contributed by atoms with Crippen molar-refractivity contribution in [2.45, 2.75) is 12.8 Å². The summed E-state index contributed by atoms with van der Waals surface area (Å²) in [6.45, 7) is 0.0731. The highest BCUT2D eigenvalue weighted by Gasteiger charge is 2.37. The number of anilines is 2. The van der Waals surface area contributed by atoms with Crippen LogP contribution in [0.15, 0.2) is 67.1 Å². The third-order valence-corrected chi connectivity index (χ3v) is 6.95. The van der Waals surface area contributed by atoms with Crippen molar-refractivity contribution < 1.29 is 28.5 Å². The number of nitrogens with zero attached hydrogens (tertiary/aromatic N) is 3. The molecule has 0 spiro atoms. The Morgan fingerprint density at radius 1 is 1.02 bits per heavy atom. The van der Waals surface area contributed by atoms with E-state index in [4.69, 9.17) is 36.3 Å². The summed E-state index contributed by atoms with van der Waals surface area (Å²) in [4.78, 5) is 36.3. The molecule has 0 bridgehead atoms. The SMILES string of the molecule is COc1cc(C2=c3c(cc(OCc4cnccn4)cc3=C=O)C(=O)N(c3ccc(N)cc3)C2OC)cc(OC)c1Cl. The van der Waals surface area contributed by atoms with Crippen LogP contribution in [0.25, 0.3) is 5.57 Å². The Kier molecular flexibility index (Phi) is 7.89. The Hall–Kier alpha value is -4.89. The van der Waals surface area contributed by atoms with Gasteiger partial charge in [-0.25, -0.2) is 4.79 Å². The van der Waals surface area contributed by atoms with Crippen LogP contribution in [0.2, 0.25) is 5.02 Å². The van der Waals surface area contributed by atoms with Crippen LogP contribution in [0, 0.1) is 0 Å². The monoisotopic (exact) mass is 572 g/mol. The summed E-state index contributed by atoms with van der Waals surface area (Å²) in [5, 5.41) is 0.708. The van der Waals surface area contributed by atoms with E-state index in [1.54, 1.807) is 61.1 Å². The summed E-state index contributed by atoms with van der Waals surface area (Å²) < 4.78 is 22.9. The van der Waals surface area contributed by atoms with E-state index in [0.717, 1.165) is 0 Å². The van der Waals surface area contributed by atoms with Crippen LogP contribution in [0.1, 0.15) is 21.6 Å². The molecule has 1 atom stereocenters. The molecule has 10 nitrogen and oxygen atoms in total. The molecule has 11 heteroatoms. The number of amides is 1. The predicted molar refractivity (Wildman–Crippen MR) is 152 cm³/mol. The van der Waals surface area contributed by atoms with Gasteiger partial charge >= 0.3 is 0 Å². The normalized spacial score (nSPS) is 14.3. The fourth-order valence-corrected chi connectivity index (χ4v) is 4.97. The third kappa shape index (κ3) is 5.19. The first-order valence-corrected chi connectivity index (χ1v) is 12.7. The molecule has 1 aliphatic heterocycles. The molecule has 1 aliphatic rings. The number of fused-ring (bicyclic) bond motifs is 1. The molecule has 0 aliphatic carbocycles. The number of benzene rings is 3. The number of aromatic nitrogens is 2. The molecule has 1 aromatic heterocycles. The second kappa shape index (κ2) is 11.7. The molecule has 0 saturated heterocycles. The average molecular weight is 573 g/mol. The second-order valence-electron chi connectivity index (χ2n) is 8.94. The molecule has 1 amide bonds. The van der Waals surface area contributed by atoms with Gasteiger partial charge < -0.3 is 24.7 Å². The van der Waals surface area contributed by atoms with Gasteiger partial charge in [0.15, 0.2) is 6.23 Å². The summed E-state index contributed by atoms with van der Waals surface area (Å²) in [5.41, 5.74) is 8.79. The minimum atomic E-state index is -0.965. The van der Waals surface area contributed by atoms with E-state index in [1.807, 2.05) is 5.94 Å². The van der Waals surface area contributed by atoms with Gasteiger partial charge in [-0.3, -0.25) is 19.7 Å². The first-order chi connectivity index (χ1) is 19.9. The highest BCUT2D eigenvalue weighted by atomic mass is 35.5. The first kappa shape index (κ1) is 27.7. The van der Waals surface area contributed by atoms with Crippen molar-refractivity contribution in [3.05, 3.63) is 99.4 Å². The summed E-state index contributed by atoms with van der Waals surface area (Å²) in [7, 11) is 4.43. The summed E-state index contributed by atoms with van der Waals surface area (Å²) in [6.07, 6.45) is 3.70. The molecule has 2 heterocycles. The van der Waals surface area contributed by atoms with Crippen LogP contribution in [-0.4, -0.2) is 49.4 Å². The number of nitrogen functional groups attached to an aromatic ring is 1. The number of hydrogen-bond acceptors (Lipinski definition) is 9. The van der Waals surface area contributed by atoms with Crippen molar-refractivity contribution >= 4 is 40.4 Å². The van der Waals surface area contributed by atoms with E-state index >= 15 is 0 Å². The molecular weight excluding hydrogens is 548 g/mol. The average Bonchev–Trinajstić information content (AvgIpc) is 3.01. The highest BCUT2D eigenvalue weighted by molar-refractivity contribution is 6.33. The van der Waals surface area contributed by atoms with Crippen LogP contribution in [0.4, 0.5) is 11.4 Å². The molecule has 0 radical (unpaired) electrons. The van der Waals surface area contributed by atoms with Gasteiger partial charge in [0.2, 0.25) is 0 Å². The van der Waals surface area contributed by atoms with Crippen LogP contribution in [-0.2, 0) is 16.1 Å². The topological polar surface area (TPSA) is 126 Å². The maximum atomic E-state index is 14.2. The number of halogens is 1. The first-order valence-electron chi connectivity index (χ1n) is 12.3. The molecule has 3 aromatic carbocycles. The van der Waals surface area contributed by atoms with Gasteiger partial charge in [-0.15, -0.1) is 0 Å². The van der Waals surface area contributed by atoms with Gasteiger partial charge in [0.1, 0.15) is 34.8 Å². The van der Waals surface area contributed by atoms with Crippen LogP contribution >= 0.6 is 11.6 Å². The number of carbonyl (C=O) groups is 1. The fourth-order valence-electron chi connectivity index (χ4n) is 4.71. The molecule has 41 heavy (non-hydrogen) atoms. The lowest BCUT2D eigenvalue weighted by atomic mass is 9.91. The molecule has 208 valence electrons. The molecule has 1 unspecified atom stereocenters. The zero-order valence-electron chi connectivity index (χ0n) is 22.4. The van der Waals surface area contributed by atoms with E-state index in [1.165, 1.54) is 32.3 Å². The van der Waals surface area contributed by atoms with Crippen LogP contribution < -0.4 is 35.3 Å². The third-order valence-electron chi connectivity index (χ3n) is 6.58. The van der Waals surface area contributed by atoms with E-state index < -0.39 is 12.1 Å². The number of methoxy groups -OCH3 is 3. The van der Waals surface area contributed by atoms with E-state index in [-0.39, 0.29) is 28.2 Å². The minimum absolute atomic E-state index is 0.0731. The smallest absolute Gasteiger partial charge is 0.261 e. The lowest BCUT2D eigenvalue weighted by Gasteiger charge is -2.36. The highest BCUT2D eigenvalue weighted by Crippen LogP contribution is 2.39. The van der Waals surface area contributed by atoms with Crippen molar-refractivity contribution in [2.75, 3.05) is 32.0 Å². The van der Waals surface area contributed by atoms with Crippen LogP contribution in [0.3, 0.4) is 0 Å². The van der Waals surface area contributed by atoms with E-state index in [0.29, 0.717) is 44.9 Å². The van der Waals surface area contributed by atoms with Crippen molar-refractivity contribution in [2.24, 2.45) is 0 Å². The van der Waals surface area contributed by atoms with Gasteiger partial charge in [0, 0.05) is 41.7 Å². The van der Waals surface area contributed by atoms with Gasteiger partial charge in [-0.1, -0.05) is 11.6 Å². The zero-order valence-corrected chi connectivity index (χ0v) is 23.1. The number of carbonyl (C=O) groups excluding carboxylic acids is 2. The second-order valence-corrected chi connectivity index (χ2v) is 9.32. The molecule has 2 N–H and O–H groups in total. The molecule has 0 fully saturated rings. The Balaban J connectivity index is 1.81. The largest absolute Gasteiger partial charge is 0.495 e. The minimum Gasteiger partial charge on any atom is -0.495 e. The standard InChI is InChI=1S/C30H25ClN4O6/c1-38-24-11-17(12-25(39-2)28(24)31)27-26-18(15-36)10-22(41-16-20-14-33-8-9-34-20)13-23(26)29(37)35(30(27)40-3)21-6-4-19(32)5-7-21/h4-14,30H,16,32H2,1-3H3. The van der Waals surface area contributed by atoms with Crippen LogP contribution in [0.5, 0.6) is 17.2 Å². The number of nitrogens with two attached hydrogens (primary N) is 1. The lowest BCUT2D eigenvalue weighted by molar-refractivity contribution is 0.0859.